The van der Waals surface area contributed by atoms with E-state index < -0.39 is 25.2 Å². The molecule has 1 N–H and O–H groups in total. The lowest BCUT2D eigenvalue weighted by Crippen LogP contribution is -2.20. The topological polar surface area (TPSA) is 65.9 Å². The second kappa shape index (κ2) is 5.35. The normalized spacial score (nSPS) is 11.5. The van der Waals surface area contributed by atoms with Gasteiger partial charge >= 0.3 is 6.18 Å². The number of aromatic nitrogens is 1. The molecule has 2 rings (SSSR count). The zero-order chi connectivity index (χ0) is 14.8. The summed E-state index contributed by atoms with van der Waals surface area (Å²) in [5.41, 5.74) is 1.20. The van der Waals surface area contributed by atoms with Crippen molar-refractivity contribution in [1.29, 1.82) is 5.26 Å². The number of hydrogen-bond acceptors (Lipinski definition) is 3. The second-order valence-corrected chi connectivity index (χ2v) is 4.11. The molecule has 4 nitrogen and oxygen atoms in total. The highest BCUT2D eigenvalue weighted by molar-refractivity contribution is 6.08. The van der Waals surface area contributed by atoms with E-state index in [1.807, 2.05) is 6.07 Å². The summed E-state index contributed by atoms with van der Waals surface area (Å²) in [5, 5.41) is 9.29. The summed E-state index contributed by atoms with van der Waals surface area (Å²) in [5.74, 6) is -0.574. The van der Waals surface area contributed by atoms with Crippen LogP contribution in [-0.4, -0.2) is 30.2 Å². The van der Waals surface area contributed by atoms with Crippen LogP contribution in [0, 0.1) is 11.3 Å². The third-order valence-electron chi connectivity index (χ3n) is 2.61. The van der Waals surface area contributed by atoms with Gasteiger partial charge in [0, 0.05) is 22.7 Å². The molecule has 0 aliphatic carbocycles. The largest absolute Gasteiger partial charge is 0.411 e. The fraction of sp³-hybridized carbons (Fsp3) is 0.231. The minimum Gasteiger partial charge on any atom is -0.364 e. The fourth-order valence-electron chi connectivity index (χ4n) is 1.76. The summed E-state index contributed by atoms with van der Waals surface area (Å²) in [6.07, 6.45) is -3.07. The van der Waals surface area contributed by atoms with E-state index in [4.69, 9.17) is 5.26 Å². The van der Waals surface area contributed by atoms with Gasteiger partial charge in [-0.2, -0.15) is 18.4 Å². The number of H-pyrrole nitrogens is 1. The number of alkyl halides is 3. The maximum Gasteiger partial charge on any atom is 0.411 e. The maximum absolute atomic E-state index is 11.9. The summed E-state index contributed by atoms with van der Waals surface area (Å²) in [7, 11) is 0. The average molecular weight is 282 g/mol. The third-order valence-corrected chi connectivity index (χ3v) is 2.61. The van der Waals surface area contributed by atoms with E-state index in [9.17, 15) is 18.0 Å². The van der Waals surface area contributed by atoms with E-state index >= 15 is 0 Å². The van der Waals surface area contributed by atoms with E-state index in [0.29, 0.717) is 16.5 Å². The molecule has 0 fully saturated rings. The van der Waals surface area contributed by atoms with E-state index in [1.165, 1.54) is 12.3 Å². The van der Waals surface area contributed by atoms with E-state index in [0.717, 1.165) is 0 Å². The van der Waals surface area contributed by atoms with Crippen LogP contribution in [0.5, 0.6) is 0 Å². The monoisotopic (exact) mass is 282 g/mol. The van der Waals surface area contributed by atoms with Crippen molar-refractivity contribution >= 4 is 16.7 Å². The molecule has 1 heterocycles. The molecule has 0 amide bonds. The number of carbonyl (C=O) groups excluding carboxylic acids is 1. The Morgan fingerprint density at radius 2 is 2.15 bits per heavy atom. The first-order valence-corrected chi connectivity index (χ1v) is 5.59. The Bertz CT molecular complexity index is 683. The van der Waals surface area contributed by atoms with Crippen molar-refractivity contribution < 1.29 is 22.7 Å². The van der Waals surface area contributed by atoms with Gasteiger partial charge in [0.2, 0.25) is 0 Å². The summed E-state index contributed by atoms with van der Waals surface area (Å²) in [6.45, 7) is -2.13. The molecule has 2 aromatic rings. The molecule has 0 aliphatic rings. The number of nitrogens with one attached hydrogen (secondary N) is 1. The van der Waals surface area contributed by atoms with Crippen molar-refractivity contribution in [3.63, 3.8) is 0 Å². The Kier molecular flexibility index (Phi) is 3.77. The molecule has 0 saturated carbocycles. The van der Waals surface area contributed by atoms with Crippen molar-refractivity contribution in [3.05, 3.63) is 35.5 Å². The molecule has 1 aromatic heterocycles. The number of nitrogens with zero attached hydrogens (tertiary/aromatic N) is 1. The Balaban J connectivity index is 2.16. The highest BCUT2D eigenvalue weighted by Gasteiger charge is 2.28. The minimum absolute atomic E-state index is 0.208. The number of benzene rings is 1. The number of ether oxygens (including phenoxy) is 1. The van der Waals surface area contributed by atoms with Gasteiger partial charge < -0.3 is 9.72 Å². The minimum atomic E-state index is -4.46. The van der Waals surface area contributed by atoms with Crippen LogP contribution in [0.15, 0.2) is 24.4 Å². The molecule has 0 aliphatic heterocycles. The first-order chi connectivity index (χ1) is 9.40. The van der Waals surface area contributed by atoms with Crippen molar-refractivity contribution in [3.8, 4) is 6.07 Å². The van der Waals surface area contributed by atoms with Crippen LogP contribution in [0.3, 0.4) is 0 Å². The van der Waals surface area contributed by atoms with Crippen LogP contribution in [-0.2, 0) is 4.74 Å². The zero-order valence-corrected chi connectivity index (χ0v) is 10.1. The van der Waals surface area contributed by atoms with Gasteiger partial charge in [0.15, 0.2) is 5.78 Å². The molecule has 0 spiro atoms. The summed E-state index contributed by atoms with van der Waals surface area (Å²) in [4.78, 5) is 14.6. The van der Waals surface area contributed by atoms with Crippen LogP contribution in [0.4, 0.5) is 13.2 Å². The molecule has 0 bridgehead atoms. The van der Waals surface area contributed by atoms with E-state index in [1.54, 1.807) is 12.1 Å². The van der Waals surface area contributed by atoms with Crippen LogP contribution in [0.2, 0.25) is 0 Å². The molecule has 1 aromatic carbocycles. The SMILES string of the molecule is N#Cc1ccc2[nH]cc(C(=O)COCC(F)(F)F)c2c1. The predicted octanol–water partition coefficient (Wildman–Crippen LogP) is 2.80. The van der Waals surface area contributed by atoms with Gasteiger partial charge in [0.1, 0.15) is 13.2 Å². The molecule has 0 saturated heterocycles. The number of fused-ring (bicyclic) bond motifs is 1. The molecule has 20 heavy (non-hydrogen) atoms. The highest BCUT2D eigenvalue weighted by Crippen LogP contribution is 2.21. The summed E-state index contributed by atoms with van der Waals surface area (Å²) in [6, 6.07) is 6.64. The van der Waals surface area contributed by atoms with Crippen molar-refractivity contribution in [1.82, 2.24) is 4.98 Å². The summed E-state index contributed by atoms with van der Waals surface area (Å²) >= 11 is 0. The number of halogens is 3. The lowest BCUT2D eigenvalue weighted by atomic mass is 10.1. The van der Waals surface area contributed by atoms with E-state index in [2.05, 4.69) is 9.72 Å². The second-order valence-electron chi connectivity index (χ2n) is 4.11. The summed E-state index contributed by atoms with van der Waals surface area (Å²) < 4.78 is 40.1. The van der Waals surface area contributed by atoms with Gasteiger partial charge in [-0.25, -0.2) is 0 Å². The van der Waals surface area contributed by atoms with Crippen molar-refractivity contribution in [2.24, 2.45) is 0 Å². The average Bonchev–Trinajstić information content (AvgIpc) is 2.79. The standard InChI is InChI=1S/C13H9F3N2O2/c14-13(15,16)7-20-6-12(19)10-5-18-11-2-1-8(4-17)3-9(10)11/h1-3,5,18H,6-7H2. The van der Waals surface area contributed by atoms with Gasteiger partial charge in [0.05, 0.1) is 11.6 Å². The predicted molar refractivity (Wildman–Crippen MR) is 64.2 cm³/mol. The first-order valence-electron chi connectivity index (χ1n) is 5.59. The van der Waals surface area contributed by atoms with Crippen molar-refractivity contribution in [2.45, 2.75) is 6.18 Å². The Labute approximate surface area is 111 Å². The molecular formula is C13H9F3N2O2. The number of carbonyl (C=O) groups is 1. The molecule has 0 unspecified atom stereocenters. The Morgan fingerprint density at radius 1 is 1.40 bits per heavy atom. The number of Topliss-reactive ketones (excluding diaryl/α,β-unsaturated/α-hetero) is 1. The quantitative estimate of drug-likeness (QED) is 0.877. The lowest BCUT2D eigenvalue weighted by Gasteiger charge is -2.06. The molecule has 0 radical (unpaired) electrons. The zero-order valence-electron chi connectivity index (χ0n) is 10.1. The number of nitriles is 1. The highest BCUT2D eigenvalue weighted by atomic mass is 19.4. The van der Waals surface area contributed by atoms with Gasteiger partial charge in [-0.3, -0.25) is 4.79 Å². The third kappa shape index (κ3) is 3.16. The van der Waals surface area contributed by atoms with Gasteiger partial charge in [-0.15, -0.1) is 0 Å². The molecule has 104 valence electrons. The number of aromatic amines is 1. The smallest absolute Gasteiger partial charge is 0.364 e. The van der Waals surface area contributed by atoms with Gasteiger partial charge in [-0.05, 0) is 18.2 Å². The van der Waals surface area contributed by atoms with Gasteiger partial charge in [0.25, 0.3) is 0 Å². The van der Waals surface area contributed by atoms with Crippen LogP contribution in [0.1, 0.15) is 15.9 Å². The first kappa shape index (κ1) is 14.1. The van der Waals surface area contributed by atoms with Gasteiger partial charge in [-0.1, -0.05) is 0 Å². The van der Waals surface area contributed by atoms with Crippen LogP contribution in [0.25, 0.3) is 10.9 Å². The van der Waals surface area contributed by atoms with E-state index in [-0.39, 0.29) is 5.56 Å². The van der Waals surface area contributed by atoms with Crippen molar-refractivity contribution in [2.75, 3.05) is 13.2 Å². The Morgan fingerprint density at radius 3 is 2.80 bits per heavy atom. The fourth-order valence-corrected chi connectivity index (χ4v) is 1.76. The Hall–Kier alpha value is -2.33. The molecular weight excluding hydrogens is 273 g/mol. The molecule has 0 atom stereocenters. The van der Waals surface area contributed by atoms with Crippen LogP contribution >= 0.6 is 0 Å². The number of ketones is 1. The van der Waals surface area contributed by atoms with Crippen LogP contribution < -0.4 is 0 Å². The number of rotatable bonds is 4. The maximum atomic E-state index is 11.9. The molecule has 7 heteroatoms. The lowest BCUT2D eigenvalue weighted by molar-refractivity contribution is -0.170. The number of hydrogen-bond donors (Lipinski definition) is 1.